The maximum absolute atomic E-state index is 13.7. The molecule has 22 heteroatoms. The predicted molar refractivity (Wildman–Crippen MR) is 235 cm³/mol. The van der Waals surface area contributed by atoms with Crippen molar-refractivity contribution < 1.29 is 63.3 Å². The number of nitrogens with two attached hydrogens (primary N) is 3. The SMILES string of the molecule is CC(C)C[C@H](NC(=O)[C@H](CC(N)=O)NC(=O)[C@@H](NC(=O)[C@@H](N)CCC(N)=O)C(C)C)[C@@H](O)C[C@H](C(=O)N[C@@H](C)C(=O)N[C@@H](CCC(=O)O)C(=O)N[C@@H](Cc1ccccc1)C(=O)O)C(C)C. The van der Waals surface area contributed by atoms with Gasteiger partial charge in [0.25, 0.3) is 0 Å². The van der Waals surface area contributed by atoms with Crippen molar-refractivity contribution in [2.75, 3.05) is 0 Å². The summed E-state index contributed by atoms with van der Waals surface area (Å²) < 4.78 is 0. The molecule has 0 radical (unpaired) electrons. The number of aliphatic hydroxyl groups is 1. The molecule has 22 nitrogen and oxygen atoms in total. The molecule has 0 aliphatic carbocycles. The Bertz CT molecular complexity index is 1810. The summed E-state index contributed by atoms with van der Waals surface area (Å²) in [6.07, 6.45) is -3.47. The van der Waals surface area contributed by atoms with Crippen molar-refractivity contribution in [3.63, 3.8) is 0 Å². The first-order chi connectivity index (χ1) is 30.2. The molecule has 364 valence electrons. The molecular formula is C43H69N9O13. The molecule has 0 saturated carbocycles. The second-order valence-corrected chi connectivity index (χ2v) is 17.3. The molecule has 65 heavy (non-hydrogen) atoms. The van der Waals surface area contributed by atoms with Gasteiger partial charge in [-0.15, -0.1) is 0 Å². The molecule has 8 amide bonds. The average molecular weight is 920 g/mol. The molecule has 0 spiro atoms. The number of carboxylic acid groups (broad SMARTS) is 2. The minimum atomic E-state index is -1.56. The standard InChI is InChI=1S/C43H69N9O13/c1-21(2)17-29(49-41(62)30(20-34(46)55)50-42(63)36(23(5)6)52-39(60)27(44)13-15-33(45)54)32(53)19-26(22(3)4)38(59)47-24(7)37(58)48-28(14-16-35(56)57)40(61)51-31(43(64)65)18-25-11-9-8-10-12-25/h8-12,21-24,26-32,36,53H,13-20,44H2,1-7H3,(H2,45,54)(H2,46,55)(H,47,59)(H,48,58)(H,49,62)(H,50,63)(H,51,61)(H,52,60)(H,56,57)(H,64,65)/t24-,26-,27-,28-,29-,30-,31-,32-,36-/m0/s1. The number of amides is 8. The Morgan fingerprint density at radius 1 is 0.585 bits per heavy atom. The van der Waals surface area contributed by atoms with Crippen molar-refractivity contribution in [1.82, 2.24) is 31.9 Å². The fourth-order valence-electron chi connectivity index (χ4n) is 6.65. The Kier molecular flexibility index (Phi) is 24.4. The van der Waals surface area contributed by atoms with Crippen LogP contribution in [0.2, 0.25) is 0 Å². The van der Waals surface area contributed by atoms with Gasteiger partial charge in [-0.05, 0) is 55.9 Å². The first-order valence-electron chi connectivity index (χ1n) is 21.5. The molecular weight excluding hydrogens is 851 g/mol. The number of hydrogen-bond donors (Lipinski definition) is 12. The van der Waals surface area contributed by atoms with Gasteiger partial charge in [0.2, 0.25) is 47.3 Å². The van der Waals surface area contributed by atoms with E-state index < -0.39 is 145 Å². The smallest absolute Gasteiger partial charge is 0.326 e. The Balaban J connectivity index is 3.19. The Labute approximate surface area is 378 Å². The molecule has 1 aromatic rings. The van der Waals surface area contributed by atoms with Crippen molar-refractivity contribution in [3.05, 3.63) is 35.9 Å². The third-order valence-electron chi connectivity index (χ3n) is 10.4. The summed E-state index contributed by atoms with van der Waals surface area (Å²) in [7, 11) is 0. The third-order valence-corrected chi connectivity index (χ3v) is 10.4. The lowest BCUT2D eigenvalue weighted by Crippen LogP contribution is -2.59. The molecule has 0 bridgehead atoms. The topological polar surface area (TPSA) is 382 Å². The molecule has 1 rings (SSSR count). The van der Waals surface area contributed by atoms with E-state index in [9.17, 15) is 63.3 Å². The lowest BCUT2D eigenvalue weighted by molar-refractivity contribution is -0.143. The van der Waals surface area contributed by atoms with E-state index in [1.54, 1.807) is 71.9 Å². The third kappa shape index (κ3) is 21.4. The number of nitrogens with one attached hydrogen (secondary N) is 6. The van der Waals surface area contributed by atoms with Gasteiger partial charge < -0.3 is 64.4 Å². The maximum atomic E-state index is 13.7. The number of primary amides is 2. The summed E-state index contributed by atoms with van der Waals surface area (Å²) in [5, 5.41) is 45.5. The lowest BCUT2D eigenvalue weighted by atomic mass is 9.85. The molecule has 0 aliphatic heterocycles. The van der Waals surface area contributed by atoms with Gasteiger partial charge in [0.05, 0.1) is 24.6 Å². The van der Waals surface area contributed by atoms with E-state index in [0.717, 1.165) is 0 Å². The Hall–Kier alpha value is -6.16. The molecule has 0 unspecified atom stereocenters. The molecule has 0 saturated heterocycles. The van der Waals surface area contributed by atoms with Crippen LogP contribution in [0.3, 0.4) is 0 Å². The van der Waals surface area contributed by atoms with Crippen molar-refractivity contribution in [3.8, 4) is 0 Å². The van der Waals surface area contributed by atoms with Crippen LogP contribution in [0.15, 0.2) is 30.3 Å². The van der Waals surface area contributed by atoms with Gasteiger partial charge in [-0.3, -0.25) is 43.2 Å². The van der Waals surface area contributed by atoms with Gasteiger partial charge in [0.15, 0.2) is 0 Å². The largest absolute Gasteiger partial charge is 0.481 e. The number of carbonyl (C=O) groups is 10. The van der Waals surface area contributed by atoms with Crippen LogP contribution < -0.4 is 49.1 Å². The number of carbonyl (C=O) groups excluding carboxylic acids is 8. The van der Waals surface area contributed by atoms with Crippen molar-refractivity contribution in [2.45, 2.75) is 148 Å². The van der Waals surface area contributed by atoms with Crippen molar-refractivity contribution >= 4 is 59.2 Å². The first kappa shape index (κ1) is 56.9. The van der Waals surface area contributed by atoms with Crippen LogP contribution in [-0.2, 0) is 54.4 Å². The summed E-state index contributed by atoms with van der Waals surface area (Å²) >= 11 is 0. The highest BCUT2D eigenvalue weighted by atomic mass is 16.4. The fraction of sp³-hybridized carbons (Fsp3) is 0.628. The zero-order chi connectivity index (χ0) is 49.7. The monoisotopic (exact) mass is 920 g/mol. The summed E-state index contributed by atoms with van der Waals surface area (Å²) in [6, 6.07) is -0.800. The quantitative estimate of drug-likeness (QED) is 0.0410. The van der Waals surface area contributed by atoms with E-state index in [0.29, 0.717) is 5.56 Å². The average Bonchev–Trinajstić information content (AvgIpc) is 3.20. The Morgan fingerprint density at radius 3 is 1.66 bits per heavy atom. The van der Waals surface area contributed by atoms with Crippen molar-refractivity contribution in [2.24, 2.45) is 40.9 Å². The zero-order valence-electron chi connectivity index (χ0n) is 38.1. The molecule has 0 aromatic heterocycles. The fourth-order valence-corrected chi connectivity index (χ4v) is 6.65. The molecule has 0 heterocycles. The van der Waals surface area contributed by atoms with E-state index >= 15 is 0 Å². The number of aliphatic hydroxyl groups excluding tert-OH is 1. The van der Waals surface area contributed by atoms with Crippen LogP contribution in [0, 0.1) is 23.7 Å². The molecule has 15 N–H and O–H groups in total. The van der Waals surface area contributed by atoms with E-state index in [1.807, 2.05) is 0 Å². The summed E-state index contributed by atoms with van der Waals surface area (Å²) in [6.45, 7) is 11.5. The molecule has 0 fully saturated rings. The molecule has 1 aromatic carbocycles. The van der Waals surface area contributed by atoms with Crippen LogP contribution in [0.5, 0.6) is 0 Å². The zero-order valence-corrected chi connectivity index (χ0v) is 38.1. The summed E-state index contributed by atoms with van der Waals surface area (Å²) in [4.78, 5) is 127. The van der Waals surface area contributed by atoms with Gasteiger partial charge >= 0.3 is 11.9 Å². The van der Waals surface area contributed by atoms with Crippen LogP contribution in [0.1, 0.15) is 99.0 Å². The first-order valence-corrected chi connectivity index (χ1v) is 21.5. The van der Waals surface area contributed by atoms with E-state index in [4.69, 9.17) is 17.2 Å². The second-order valence-electron chi connectivity index (χ2n) is 17.3. The van der Waals surface area contributed by atoms with Gasteiger partial charge in [-0.2, -0.15) is 0 Å². The van der Waals surface area contributed by atoms with Gasteiger partial charge in [0, 0.05) is 25.2 Å². The van der Waals surface area contributed by atoms with Crippen LogP contribution in [0.25, 0.3) is 0 Å². The minimum Gasteiger partial charge on any atom is -0.481 e. The number of benzene rings is 1. The lowest BCUT2D eigenvalue weighted by Gasteiger charge is -2.32. The predicted octanol–water partition coefficient (Wildman–Crippen LogP) is -1.70. The highest BCUT2D eigenvalue weighted by Gasteiger charge is 2.36. The Morgan fingerprint density at radius 2 is 1.15 bits per heavy atom. The normalized spacial score (nSPS) is 15.4. The van der Waals surface area contributed by atoms with E-state index in [1.165, 1.54) is 6.92 Å². The molecule has 0 aliphatic rings. The van der Waals surface area contributed by atoms with Crippen LogP contribution in [0.4, 0.5) is 0 Å². The number of hydrogen-bond acceptors (Lipinski definition) is 12. The van der Waals surface area contributed by atoms with E-state index in [2.05, 4.69) is 31.9 Å². The highest BCUT2D eigenvalue weighted by Crippen LogP contribution is 2.22. The van der Waals surface area contributed by atoms with E-state index in [-0.39, 0.29) is 38.0 Å². The van der Waals surface area contributed by atoms with Crippen LogP contribution >= 0.6 is 0 Å². The summed E-state index contributed by atoms with van der Waals surface area (Å²) in [5.74, 6) is -11.4. The number of carboxylic acids is 2. The summed E-state index contributed by atoms with van der Waals surface area (Å²) in [5.41, 5.74) is 17.0. The van der Waals surface area contributed by atoms with Gasteiger partial charge in [-0.1, -0.05) is 71.9 Å². The molecule has 9 atom stereocenters. The number of rotatable bonds is 30. The second kappa shape index (κ2) is 27.9. The van der Waals surface area contributed by atoms with Gasteiger partial charge in [0.1, 0.15) is 30.2 Å². The van der Waals surface area contributed by atoms with Gasteiger partial charge in [-0.25, -0.2) is 4.79 Å². The maximum Gasteiger partial charge on any atom is 0.326 e. The van der Waals surface area contributed by atoms with Crippen LogP contribution in [-0.4, -0.2) is 123 Å². The number of aliphatic carboxylic acids is 2. The highest BCUT2D eigenvalue weighted by molar-refractivity contribution is 5.96. The van der Waals surface area contributed by atoms with Crippen molar-refractivity contribution in [1.29, 1.82) is 0 Å². The minimum absolute atomic E-state index is 0.0850.